The van der Waals surface area contributed by atoms with Crippen LogP contribution in [0.15, 0.2) is 53.4 Å². The van der Waals surface area contributed by atoms with Crippen molar-refractivity contribution < 1.29 is 22.3 Å². The van der Waals surface area contributed by atoms with Gasteiger partial charge >= 0.3 is 0 Å². The molecule has 1 fully saturated rings. The number of amides is 1. The smallest absolute Gasteiger partial charge is 0.262 e. The van der Waals surface area contributed by atoms with Crippen LogP contribution >= 0.6 is 0 Å². The summed E-state index contributed by atoms with van der Waals surface area (Å²) in [4.78, 5) is 14.2. The van der Waals surface area contributed by atoms with Gasteiger partial charge in [-0.15, -0.1) is 0 Å². The Bertz CT molecular complexity index is 926. The molecule has 9 heteroatoms. The van der Waals surface area contributed by atoms with Gasteiger partial charge in [-0.05, 0) is 43.4 Å². The van der Waals surface area contributed by atoms with Gasteiger partial charge < -0.3 is 15.0 Å². The van der Waals surface area contributed by atoms with Crippen molar-refractivity contribution in [3.05, 3.63) is 54.3 Å². The lowest BCUT2D eigenvalue weighted by Gasteiger charge is -2.31. The summed E-state index contributed by atoms with van der Waals surface area (Å²) in [5, 5.41) is 2.62. The van der Waals surface area contributed by atoms with Crippen molar-refractivity contribution in [2.75, 3.05) is 45.2 Å². The second kappa shape index (κ2) is 8.68. The molecular weight excluding hydrogens is 385 g/mol. The minimum atomic E-state index is -3.55. The third-order valence-corrected chi connectivity index (χ3v) is 6.32. The van der Waals surface area contributed by atoms with Gasteiger partial charge in [-0.2, -0.15) is 4.31 Å². The van der Waals surface area contributed by atoms with Gasteiger partial charge in [-0.3, -0.25) is 4.79 Å². The predicted molar refractivity (Wildman–Crippen MR) is 103 cm³/mol. The molecule has 0 spiro atoms. The lowest BCUT2D eigenvalue weighted by molar-refractivity contribution is -0.118. The first-order valence-corrected chi connectivity index (χ1v) is 10.3. The van der Waals surface area contributed by atoms with Crippen molar-refractivity contribution in [3.63, 3.8) is 0 Å². The van der Waals surface area contributed by atoms with Crippen LogP contribution in [-0.4, -0.2) is 63.4 Å². The van der Waals surface area contributed by atoms with Crippen LogP contribution in [-0.2, 0) is 14.8 Å². The van der Waals surface area contributed by atoms with Crippen molar-refractivity contribution in [1.82, 2.24) is 9.21 Å². The predicted octanol–water partition coefficient (Wildman–Crippen LogP) is 1.78. The summed E-state index contributed by atoms with van der Waals surface area (Å²) < 4.78 is 45.2. The summed E-state index contributed by atoms with van der Waals surface area (Å²) in [5.41, 5.74) is 0.449. The summed E-state index contributed by atoms with van der Waals surface area (Å²) in [6, 6.07) is 11.5. The zero-order valence-electron chi connectivity index (χ0n) is 15.5. The largest absolute Gasteiger partial charge is 0.484 e. The zero-order chi connectivity index (χ0) is 20.1. The summed E-state index contributed by atoms with van der Waals surface area (Å²) in [6.07, 6.45) is 0. The van der Waals surface area contributed by atoms with E-state index in [1.165, 1.54) is 46.8 Å². The van der Waals surface area contributed by atoms with Crippen LogP contribution in [0.4, 0.5) is 10.1 Å². The highest BCUT2D eigenvalue weighted by atomic mass is 32.2. The van der Waals surface area contributed by atoms with Crippen LogP contribution in [0, 0.1) is 5.82 Å². The Balaban J connectivity index is 1.57. The van der Waals surface area contributed by atoms with E-state index in [1.54, 1.807) is 6.07 Å². The molecule has 7 nitrogen and oxygen atoms in total. The second-order valence-corrected chi connectivity index (χ2v) is 8.46. The fourth-order valence-corrected chi connectivity index (χ4v) is 4.21. The van der Waals surface area contributed by atoms with Crippen LogP contribution in [0.25, 0.3) is 0 Å². The van der Waals surface area contributed by atoms with Crippen LogP contribution < -0.4 is 10.1 Å². The normalized spacial score (nSPS) is 15.9. The molecule has 150 valence electrons. The van der Waals surface area contributed by atoms with E-state index < -0.39 is 21.7 Å². The SMILES string of the molecule is CN1CCN(S(=O)(=O)c2ccc(NC(=O)COc3cccc(F)c3)cc2)CC1. The summed E-state index contributed by atoms with van der Waals surface area (Å²) in [5.74, 6) is -0.627. The third kappa shape index (κ3) is 5.06. The summed E-state index contributed by atoms with van der Waals surface area (Å²) in [7, 11) is -1.59. The molecule has 0 saturated carbocycles. The minimum absolute atomic E-state index is 0.186. The number of nitrogens with one attached hydrogen (secondary N) is 1. The van der Waals surface area contributed by atoms with E-state index in [-0.39, 0.29) is 17.3 Å². The van der Waals surface area contributed by atoms with E-state index in [2.05, 4.69) is 10.2 Å². The fourth-order valence-electron chi connectivity index (χ4n) is 2.79. The van der Waals surface area contributed by atoms with E-state index in [4.69, 9.17) is 4.74 Å². The average molecular weight is 407 g/mol. The molecule has 0 aromatic heterocycles. The Morgan fingerprint density at radius 2 is 1.79 bits per heavy atom. The Morgan fingerprint density at radius 1 is 1.11 bits per heavy atom. The Kier molecular flexibility index (Phi) is 6.28. The number of hydrogen-bond donors (Lipinski definition) is 1. The van der Waals surface area contributed by atoms with Crippen molar-refractivity contribution in [2.45, 2.75) is 4.90 Å². The van der Waals surface area contributed by atoms with Gasteiger partial charge in [0.05, 0.1) is 4.90 Å². The molecule has 2 aromatic carbocycles. The number of benzene rings is 2. The first-order chi connectivity index (χ1) is 13.3. The van der Waals surface area contributed by atoms with Crippen LogP contribution in [0.1, 0.15) is 0 Å². The maximum absolute atomic E-state index is 13.1. The van der Waals surface area contributed by atoms with Gasteiger partial charge in [0.15, 0.2) is 6.61 Å². The number of likely N-dealkylation sites (N-methyl/N-ethyl adjacent to an activating group) is 1. The lowest BCUT2D eigenvalue weighted by Crippen LogP contribution is -2.46. The quantitative estimate of drug-likeness (QED) is 0.790. The number of carbonyl (C=O) groups is 1. The molecule has 3 rings (SSSR count). The molecule has 1 N–H and O–H groups in total. The molecule has 0 aliphatic carbocycles. The van der Waals surface area contributed by atoms with Crippen molar-refractivity contribution in [1.29, 1.82) is 0 Å². The fraction of sp³-hybridized carbons (Fsp3) is 0.316. The van der Waals surface area contributed by atoms with E-state index in [1.807, 2.05) is 7.05 Å². The number of halogens is 1. The van der Waals surface area contributed by atoms with Crippen LogP contribution in [0.2, 0.25) is 0 Å². The molecule has 0 radical (unpaired) electrons. The van der Waals surface area contributed by atoms with Gasteiger partial charge in [-0.25, -0.2) is 12.8 Å². The zero-order valence-corrected chi connectivity index (χ0v) is 16.3. The van der Waals surface area contributed by atoms with Crippen LogP contribution in [0.5, 0.6) is 5.75 Å². The molecule has 1 amide bonds. The number of ether oxygens (including phenoxy) is 1. The highest BCUT2D eigenvalue weighted by Crippen LogP contribution is 2.20. The highest BCUT2D eigenvalue weighted by Gasteiger charge is 2.27. The van der Waals surface area contributed by atoms with E-state index in [0.717, 1.165) is 0 Å². The Hall–Kier alpha value is -2.49. The Labute approximate surface area is 163 Å². The Morgan fingerprint density at radius 3 is 2.43 bits per heavy atom. The maximum Gasteiger partial charge on any atom is 0.262 e. The average Bonchev–Trinajstić information content (AvgIpc) is 2.67. The monoisotopic (exact) mass is 407 g/mol. The van der Waals surface area contributed by atoms with Gasteiger partial charge in [0.2, 0.25) is 10.0 Å². The summed E-state index contributed by atoms with van der Waals surface area (Å²) >= 11 is 0. The molecule has 0 unspecified atom stereocenters. The first-order valence-electron chi connectivity index (χ1n) is 8.81. The molecule has 1 aliphatic rings. The number of rotatable bonds is 6. The first kappa shape index (κ1) is 20.2. The van der Waals surface area contributed by atoms with E-state index in [0.29, 0.717) is 31.9 Å². The molecule has 0 atom stereocenters. The molecule has 0 bridgehead atoms. The number of sulfonamides is 1. The molecule has 1 saturated heterocycles. The number of hydrogen-bond acceptors (Lipinski definition) is 5. The second-order valence-electron chi connectivity index (χ2n) is 6.53. The third-order valence-electron chi connectivity index (χ3n) is 4.40. The standard InChI is InChI=1S/C19H22FN3O4S/c1-22-9-11-23(12-10-22)28(25,26)18-7-5-16(6-8-18)21-19(24)14-27-17-4-2-3-15(20)13-17/h2-8,13H,9-12,14H2,1H3,(H,21,24). The van der Waals surface area contributed by atoms with Crippen molar-refractivity contribution >= 4 is 21.6 Å². The maximum atomic E-state index is 13.1. The van der Waals surface area contributed by atoms with E-state index >= 15 is 0 Å². The van der Waals surface area contributed by atoms with Crippen molar-refractivity contribution in [2.24, 2.45) is 0 Å². The highest BCUT2D eigenvalue weighted by molar-refractivity contribution is 7.89. The van der Waals surface area contributed by atoms with Gasteiger partial charge in [-0.1, -0.05) is 6.07 Å². The number of carbonyl (C=O) groups excluding carboxylic acids is 1. The van der Waals surface area contributed by atoms with Gasteiger partial charge in [0, 0.05) is 37.9 Å². The number of nitrogens with zero attached hydrogens (tertiary/aromatic N) is 2. The number of piperazine rings is 1. The lowest BCUT2D eigenvalue weighted by atomic mass is 10.3. The van der Waals surface area contributed by atoms with Crippen LogP contribution in [0.3, 0.4) is 0 Å². The molecular formula is C19H22FN3O4S. The minimum Gasteiger partial charge on any atom is -0.484 e. The topological polar surface area (TPSA) is 79.0 Å². The van der Waals surface area contributed by atoms with E-state index in [9.17, 15) is 17.6 Å². The molecule has 1 aliphatic heterocycles. The van der Waals surface area contributed by atoms with Gasteiger partial charge in [0.1, 0.15) is 11.6 Å². The van der Waals surface area contributed by atoms with Gasteiger partial charge in [0.25, 0.3) is 5.91 Å². The van der Waals surface area contributed by atoms with Crippen molar-refractivity contribution in [3.8, 4) is 5.75 Å². The molecule has 2 aromatic rings. The summed E-state index contributed by atoms with van der Waals surface area (Å²) in [6.45, 7) is 2.01. The molecule has 1 heterocycles. The molecule has 28 heavy (non-hydrogen) atoms. The number of anilines is 1.